The first-order chi connectivity index (χ1) is 7.57. The van der Waals surface area contributed by atoms with Gasteiger partial charge in [-0.2, -0.15) is 0 Å². The molecule has 1 aliphatic heterocycles. The number of carboxylic acid groups (broad SMARTS) is 1. The monoisotopic (exact) mass is 245 g/mol. The molecule has 16 heavy (non-hydrogen) atoms. The zero-order valence-corrected chi connectivity index (χ0v) is 11.1. The highest BCUT2D eigenvalue weighted by Gasteiger charge is 2.37. The standard InChI is InChI=1S/C12H23NO2S/c1-3-4-5-6-7-8-12(2)13-10(9-16-12)11(14)15/h10,13H,3-9H2,1-2H3,(H,14,15). The van der Waals surface area contributed by atoms with E-state index in [1.807, 2.05) is 0 Å². The van der Waals surface area contributed by atoms with Crippen LogP contribution < -0.4 is 5.32 Å². The van der Waals surface area contributed by atoms with Crippen molar-refractivity contribution in [3.05, 3.63) is 0 Å². The molecule has 1 saturated heterocycles. The number of carboxylic acids is 1. The lowest BCUT2D eigenvalue weighted by atomic mass is 10.1. The molecule has 0 aromatic carbocycles. The highest BCUT2D eigenvalue weighted by molar-refractivity contribution is 8.00. The van der Waals surface area contributed by atoms with Gasteiger partial charge in [0, 0.05) is 5.75 Å². The minimum absolute atomic E-state index is 0.0186. The third kappa shape index (κ3) is 4.34. The van der Waals surface area contributed by atoms with Crippen molar-refractivity contribution < 1.29 is 9.90 Å². The van der Waals surface area contributed by atoms with E-state index in [9.17, 15) is 4.79 Å². The van der Waals surface area contributed by atoms with Gasteiger partial charge in [-0.05, 0) is 13.3 Å². The van der Waals surface area contributed by atoms with E-state index >= 15 is 0 Å². The molecule has 0 saturated carbocycles. The van der Waals surface area contributed by atoms with E-state index < -0.39 is 5.97 Å². The second-order valence-electron chi connectivity index (χ2n) is 4.74. The van der Waals surface area contributed by atoms with Gasteiger partial charge in [-0.15, -0.1) is 11.8 Å². The van der Waals surface area contributed by atoms with Gasteiger partial charge in [-0.3, -0.25) is 10.1 Å². The molecule has 0 aromatic heterocycles. The topological polar surface area (TPSA) is 49.3 Å². The maximum absolute atomic E-state index is 10.8. The summed E-state index contributed by atoms with van der Waals surface area (Å²) in [6, 6.07) is -0.356. The van der Waals surface area contributed by atoms with Gasteiger partial charge in [0.15, 0.2) is 0 Å². The minimum Gasteiger partial charge on any atom is -0.480 e. The molecule has 2 N–H and O–H groups in total. The van der Waals surface area contributed by atoms with Crippen molar-refractivity contribution in [3.63, 3.8) is 0 Å². The van der Waals surface area contributed by atoms with Crippen molar-refractivity contribution >= 4 is 17.7 Å². The molecular formula is C12H23NO2S. The molecule has 2 atom stereocenters. The Labute approximate surface area is 102 Å². The van der Waals surface area contributed by atoms with Crippen LogP contribution in [0.25, 0.3) is 0 Å². The predicted molar refractivity (Wildman–Crippen MR) is 68.8 cm³/mol. The summed E-state index contributed by atoms with van der Waals surface area (Å²) in [6.45, 7) is 4.34. The highest BCUT2D eigenvalue weighted by Crippen LogP contribution is 2.34. The molecule has 1 aliphatic rings. The lowest BCUT2D eigenvalue weighted by Crippen LogP contribution is -2.43. The number of carbonyl (C=O) groups is 1. The minimum atomic E-state index is -0.720. The van der Waals surface area contributed by atoms with Crippen molar-refractivity contribution in [2.24, 2.45) is 0 Å². The Hall–Kier alpha value is -0.220. The number of thioether (sulfide) groups is 1. The first kappa shape index (κ1) is 13.8. The fraction of sp³-hybridized carbons (Fsp3) is 0.917. The fourth-order valence-electron chi connectivity index (χ4n) is 2.06. The molecule has 0 spiro atoms. The van der Waals surface area contributed by atoms with Gasteiger partial charge in [-0.1, -0.05) is 39.0 Å². The Kier molecular flexibility index (Phi) is 5.62. The summed E-state index contributed by atoms with van der Waals surface area (Å²) in [6.07, 6.45) is 7.43. The SMILES string of the molecule is CCCCCCCC1(C)NC(C(=O)O)CS1. The summed E-state index contributed by atoms with van der Waals surface area (Å²) in [4.78, 5) is 10.8. The molecule has 0 bridgehead atoms. The Bertz CT molecular complexity index is 235. The number of nitrogens with one attached hydrogen (secondary N) is 1. The van der Waals surface area contributed by atoms with Crippen LogP contribution in [-0.2, 0) is 4.79 Å². The zero-order valence-electron chi connectivity index (χ0n) is 10.3. The van der Waals surface area contributed by atoms with Crippen LogP contribution in [0.2, 0.25) is 0 Å². The predicted octanol–water partition coefficient (Wildman–Crippen LogP) is 2.85. The lowest BCUT2D eigenvalue weighted by molar-refractivity contribution is -0.138. The van der Waals surface area contributed by atoms with Gasteiger partial charge < -0.3 is 5.11 Å². The number of rotatable bonds is 7. The van der Waals surface area contributed by atoms with Crippen molar-refractivity contribution in [1.29, 1.82) is 0 Å². The summed E-state index contributed by atoms with van der Waals surface area (Å²) < 4.78 is 0. The van der Waals surface area contributed by atoms with E-state index in [1.165, 1.54) is 32.1 Å². The third-order valence-corrected chi connectivity index (χ3v) is 4.56. The number of aliphatic carboxylic acids is 1. The summed E-state index contributed by atoms with van der Waals surface area (Å²) in [5.74, 6) is -0.0249. The Morgan fingerprint density at radius 2 is 2.12 bits per heavy atom. The van der Waals surface area contributed by atoms with Crippen molar-refractivity contribution in [2.45, 2.75) is 63.3 Å². The molecular weight excluding hydrogens is 222 g/mol. The van der Waals surface area contributed by atoms with Crippen LogP contribution in [0.15, 0.2) is 0 Å². The Morgan fingerprint density at radius 3 is 2.69 bits per heavy atom. The van der Waals surface area contributed by atoms with E-state index in [-0.39, 0.29) is 10.9 Å². The quantitative estimate of drug-likeness (QED) is 0.677. The molecule has 1 fully saturated rings. The molecule has 3 nitrogen and oxygen atoms in total. The second-order valence-corrected chi connectivity index (χ2v) is 6.26. The van der Waals surface area contributed by atoms with Gasteiger partial charge in [-0.25, -0.2) is 0 Å². The first-order valence-electron chi connectivity index (χ1n) is 6.22. The molecule has 0 amide bonds. The summed E-state index contributed by atoms with van der Waals surface area (Å²) >= 11 is 1.75. The zero-order chi connectivity index (χ0) is 12.0. The summed E-state index contributed by atoms with van der Waals surface area (Å²) in [5.41, 5.74) is 0. The van der Waals surface area contributed by atoms with Gasteiger partial charge >= 0.3 is 5.97 Å². The van der Waals surface area contributed by atoms with Crippen LogP contribution in [0.1, 0.15) is 52.4 Å². The maximum Gasteiger partial charge on any atom is 0.321 e. The average molecular weight is 245 g/mol. The summed E-state index contributed by atoms with van der Waals surface area (Å²) in [5, 5.41) is 12.1. The van der Waals surface area contributed by atoms with Crippen molar-refractivity contribution in [2.75, 3.05) is 5.75 Å². The molecule has 1 rings (SSSR count). The van der Waals surface area contributed by atoms with E-state index in [0.717, 1.165) is 6.42 Å². The molecule has 2 unspecified atom stereocenters. The third-order valence-electron chi connectivity index (χ3n) is 3.10. The van der Waals surface area contributed by atoms with Crippen LogP contribution in [0.3, 0.4) is 0 Å². The van der Waals surface area contributed by atoms with E-state index in [0.29, 0.717) is 5.75 Å². The Balaban J connectivity index is 2.19. The van der Waals surface area contributed by atoms with Crippen LogP contribution in [-0.4, -0.2) is 27.7 Å². The van der Waals surface area contributed by atoms with E-state index in [4.69, 9.17) is 5.11 Å². The van der Waals surface area contributed by atoms with Crippen LogP contribution in [0.5, 0.6) is 0 Å². The second kappa shape index (κ2) is 6.50. The molecule has 4 heteroatoms. The van der Waals surface area contributed by atoms with Crippen LogP contribution in [0.4, 0.5) is 0 Å². The number of hydrogen-bond donors (Lipinski definition) is 2. The van der Waals surface area contributed by atoms with Gasteiger partial charge in [0.2, 0.25) is 0 Å². The van der Waals surface area contributed by atoms with Gasteiger partial charge in [0.25, 0.3) is 0 Å². The summed E-state index contributed by atoms with van der Waals surface area (Å²) in [7, 11) is 0. The Morgan fingerprint density at radius 1 is 1.44 bits per heavy atom. The fourth-order valence-corrected chi connectivity index (χ4v) is 3.34. The first-order valence-corrected chi connectivity index (χ1v) is 7.20. The van der Waals surface area contributed by atoms with Crippen molar-refractivity contribution in [3.8, 4) is 0 Å². The average Bonchev–Trinajstić information content (AvgIpc) is 2.61. The number of hydrogen-bond acceptors (Lipinski definition) is 3. The lowest BCUT2D eigenvalue weighted by Gasteiger charge is -2.24. The van der Waals surface area contributed by atoms with Gasteiger partial charge in [0.05, 0.1) is 4.87 Å². The largest absolute Gasteiger partial charge is 0.480 e. The molecule has 0 radical (unpaired) electrons. The molecule has 1 heterocycles. The van der Waals surface area contributed by atoms with E-state index in [1.54, 1.807) is 11.8 Å². The van der Waals surface area contributed by atoms with Crippen molar-refractivity contribution in [1.82, 2.24) is 5.32 Å². The highest BCUT2D eigenvalue weighted by atomic mass is 32.2. The normalized spacial score (nSPS) is 29.5. The van der Waals surface area contributed by atoms with Crippen LogP contribution >= 0.6 is 11.8 Å². The van der Waals surface area contributed by atoms with Gasteiger partial charge in [0.1, 0.15) is 6.04 Å². The smallest absolute Gasteiger partial charge is 0.321 e. The maximum atomic E-state index is 10.8. The molecule has 0 aliphatic carbocycles. The molecule has 94 valence electrons. The molecule has 0 aromatic rings. The van der Waals surface area contributed by atoms with Crippen LogP contribution in [0, 0.1) is 0 Å². The number of unbranched alkanes of at least 4 members (excludes halogenated alkanes) is 4. The van der Waals surface area contributed by atoms with E-state index in [2.05, 4.69) is 19.2 Å².